The lowest BCUT2D eigenvalue weighted by Gasteiger charge is -2.19. The van der Waals surface area contributed by atoms with Gasteiger partial charge >= 0.3 is 6.18 Å². The summed E-state index contributed by atoms with van der Waals surface area (Å²) in [6.07, 6.45) is -3.88. The van der Waals surface area contributed by atoms with Crippen molar-refractivity contribution < 1.29 is 18.0 Å². The van der Waals surface area contributed by atoms with E-state index in [1.165, 1.54) is 6.07 Å². The van der Waals surface area contributed by atoms with Crippen LogP contribution >= 0.6 is 11.6 Å². The van der Waals surface area contributed by atoms with E-state index in [1.54, 1.807) is 13.8 Å². The molecular weight excluding hydrogens is 265 g/mol. The van der Waals surface area contributed by atoms with Crippen molar-refractivity contribution in [3.8, 4) is 0 Å². The van der Waals surface area contributed by atoms with Crippen molar-refractivity contribution in [2.75, 3.05) is 0 Å². The number of rotatable bonds is 3. The zero-order valence-electron chi connectivity index (χ0n) is 10.4. The Morgan fingerprint density at radius 3 is 2.33 bits per heavy atom. The standard InChI is InChI=1S/C13H14ClF3O/c1-4-7(2)9-5-8(3)10(12(14)18)6-11(9)13(15,16)17/h5-7H,4H2,1-3H3. The number of aryl methyl sites for hydroxylation is 1. The molecule has 1 aromatic carbocycles. The lowest BCUT2D eigenvalue weighted by molar-refractivity contribution is -0.138. The van der Waals surface area contributed by atoms with Gasteiger partial charge in [-0.15, -0.1) is 0 Å². The first-order chi connectivity index (χ1) is 8.18. The summed E-state index contributed by atoms with van der Waals surface area (Å²) in [5.74, 6) is -0.222. The van der Waals surface area contributed by atoms with Crippen LogP contribution in [0.25, 0.3) is 0 Å². The van der Waals surface area contributed by atoms with Crippen LogP contribution in [0.3, 0.4) is 0 Å². The molecule has 0 N–H and O–H groups in total. The van der Waals surface area contributed by atoms with E-state index in [9.17, 15) is 18.0 Å². The summed E-state index contributed by atoms with van der Waals surface area (Å²) in [7, 11) is 0. The SMILES string of the molecule is CCC(C)c1cc(C)c(C(=O)Cl)cc1C(F)(F)F. The molecule has 0 amide bonds. The number of hydrogen-bond donors (Lipinski definition) is 0. The second-order valence-corrected chi connectivity index (χ2v) is 4.68. The Hall–Kier alpha value is -1.03. The fourth-order valence-electron chi connectivity index (χ4n) is 1.82. The Morgan fingerprint density at radius 2 is 1.94 bits per heavy atom. The first-order valence-corrected chi connectivity index (χ1v) is 5.97. The molecule has 1 nitrogen and oxygen atoms in total. The fraction of sp³-hybridized carbons (Fsp3) is 0.462. The van der Waals surface area contributed by atoms with Crippen molar-refractivity contribution in [3.63, 3.8) is 0 Å². The maximum atomic E-state index is 13.0. The molecule has 1 rings (SSSR count). The van der Waals surface area contributed by atoms with E-state index in [4.69, 9.17) is 11.6 Å². The van der Waals surface area contributed by atoms with Gasteiger partial charge < -0.3 is 0 Å². The second kappa shape index (κ2) is 5.31. The van der Waals surface area contributed by atoms with Crippen molar-refractivity contribution in [2.45, 2.75) is 39.3 Å². The molecule has 0 spiro atoms. The summed E-state index contributed by atoms with van der Waals surface area (Å²) in [5, 5.41) is -0.867. The third kappa shape index (κ3) is 3.05. The molecule has 1 aromatic rings. The number of carbonyl (C=O) groups excluding carboxylic acids is 1. The smallest absolute Gasteiger partial charge is 0.276 e. The zero-order valence-corrected chi connectivity index (χ0v) is 11.1. The predicted molar refractivity (Wildman–Crippen MR) is 65.1 cm³/mol. The molecule has 1 atom stereocenters. The van der Waals surface area contributed by atoms with Gasteiger partial charge in [-0.1, -0.05) is 19.9 Å². The van der Waals surface area contributed by atoms with Crippen molar-refractivity contribution >= 4 is 16.8 Å². The van der Waals surface area contributed by atoms with Gasteiger partial charge in [-0.25, -0.2) is 0 Å². The third-order valence-electron chi connectivity index (χ3n) is 3.06. The highest BCUT2D eigenvalue weighted by molar-refractivity contribution is 6.67. The molecule has 1 unspecified atom stereocenters. The van der Waals surface area contributed by atoms with Gasteiger partial charge in [-0.3, -0.25) is 4.79 Å². The molecule has 18 heavy (non-hydrogen) atoms. The summed E-state index contributed by atoms with van der Waals surface area (Å²) >= 11 is 5.29. The Kier molecular flexibility index (Phi) is 4.43. The Labute approximate surface area is 109 Å². The Morgan fingerprint density at radius 1 is 1.39 bits per heavy atom. The monoisotopic (exact) mass is 278 g/mol. The second-order valence-electron chi connectivity index (χ2n) is 4.34. The van der Waals surface area contributed by atoms with E-state index in [-0.39, 0.29) is 17.0 Å². The fourth-order valence-corrected chi connectivity index (χ4v) is 2.02. The average Bonchev–Trinajstić information content (AvgIpc) is 2.25. The number of halogens is 4. The van der Waals surface area contributed by atoms with Crippen molar-refractivity contribution in [3.05, 3.63) is 34.4 Å². The van der Waals surface area contributed by atoms with E-state index >= 15 is 0 Å². The maximum absolute atomic E-state index is 13.0. The summed E-state index contributed by atoms with van der Waals surface area (Å²) in [6.45, 7) is 5.13. The van der Waals surface area contributed by atoms with Crippen LogP contribution in [0.2, 0.25) is 0 Å². The minimum absolute atomic E-state index is 0.0870. The predicted octanol–water partition coefficient (Wildman–Crippen LogP) is 4.91. The Bertz CT molecular complexity index is 466. The molecule has 0 aromatic heterocycles. The van der Waals surface area contributed by atoms with Crippen LogP contribution in [0.5, 0.6) is 0 Å². The van der Waals surface area contributed by atoms with Crippen molar-refractivity contribution in [2.24, 2.45) is 0 Å². The van der Waals surface area contributed by atoms with Crippen LogP contribution in [-0.4, -0.2) is 5.24 Å². The quantitative estimate of drug-likeness (QED) is 0.718. The lowest BCUT2D eigenvalue weighted by atomic mass is 9.90. The first kappa shape index (κ1) is 15.0. The maximum Gasteiger partial charge on any atom is 0.416 e. The summed E-state index contributed by atoms with van der Waals surface area (Å²) < 4.78 is 38.9. The van der Waals surface area contributed by atoms with Crippen LogP contribution in [0.15, 0.2) is 12.1 Å². The van der Waals surface area contributed by atoms with E-state index in [0.717, 1.165) is 6.07 Å². The zero-order chi connectivity index (χ0) is 14.1. The molecule has 100 valence electrons. The molecule has 0 aliphatic heterocycles. The van der Waals surface area contributed by atoms with Gasteiger partial charge in [0.05, 0.1) is 5.56 Å². The van der Waals surface area contributed by atoms with Crippen molar-refractivity contribution in [1.29, 1.82) is 0 Å². The molecule has 0 bridgehead atoms. The van der Waals surface area contributed by atoms with Gasteiger partial charge in [0.25, 0.3) is 5.24 Å². The molecular formula is C13H14ClF3O. The van der Waals surface area contributed by atoms with Crippen molar-refractivity contribution in [1.82, 2.24) is 0 Å². The normalized spacial score (nSPS) is 13.5. The number of benzene rings is 1. The van der Waals surface area contributed by atoms with Crippen LogP contribution in [0.4, 0.5) is 13.2 Å². The van der Waals surface area contributed by atoms with Crippen LogP contribution < -0.4 is 0 Å². The summed E-state index contributed by atoms with van der Waals surface area (Å²) in [4.78, 5) is 11.1. The van der Waals surface area contributed by atoms with Gasteiger partial charge in [-0.05, 0) is 48.1 Å². The molecule has 0 aliphatic carbocycles. The molecule has 5 heteroatoms. The highest BCUT2D eigenvalue weighted by Crippen LogP contribution is 2.38. The topological polar surface area (TPSA) is 17.1 Å². The van der Waals surface area contributed by atoms with Gasteiger partial charge in [0.2, 0.25) is 0 Å². The van der Waals surface area contributed by atoms with Crippen LogP contribution in [-0.2, 0) is 6.18 Å². The van der Waals surface area contributed by atoms with E-state index in [0.29, 0.717) is 12.0 Å². The highest BCUT2D eigenvalue weighted by atomic mass is 35.5. The number of alkyl halides is 3. The minimum Gasteiger partial charge on any atom is -0.276 e. The van der Waals surface area contributed by atoms with Gasteiger partial charge in [0.15, 0.2) is 0 Å². The molecule has 0 heterocycles. The van der Waals surface area contributed by atoms with Crippen LogP contribution in [0.1, 0.15) is 53.2 Å². The average molecular weight is 279 g/mol. The van der Waals surface area contributed by atoms with E-state index < -0.39 is 17.0 Å². The number of carbonyl (C=O) groups is 1. The molecule has 0 radical (unpaired) electrons. The molecule has 0 saturated heterocycles. The molecule has 0 aliphatic rings. The first-order valence-electron chi connectivity index (χ1n) is 5.60. The largest absolute Gasteiger partial charge is 0.416 e. The molecule has 0 fully saturated rings. The third-order valence-corrected chi connectivity index (χ3v) is 3.26. The van der Waals surface area contributed by atoms with Gasteiger partial charge in [-0.2, -0.15) is 13.2 Å². The van der Waals surface area contributed by atoms with Gasteiger partial charge in [0, 0.05) is 5.56 Å². The van der Waals surface area contributed by atoms with Crippen LogP contribution in [0, 0.1) is 6.92 Å². The number of hydrogen-bond acceptors (Lipinski definition) is 1. The van der Waals surface area contributed by atoms with E-state index in [2.05, 4.69) is 0 Å². The summed E-state index contributed by atoms with van der Waals surface area (Å²) in [5.41, 5.74) is -0.176. The summed E-state index contributed by atoms with van der Waals surface area (Å²) in [6, 6.07) is 2.26. The van der Waals surface area contributed by atoms with Gasteiger partial charge in [0.1, 0.15) is 0 Å². The highest BCUT2D eigenvalue weighted by Gasteiger charge is 2.35. The minimum atomic E-state index is -4.48. The Balaban J connectivity index is 3.52. The lowest BCUT2D eigenvalue weighted by Crippen LogP contribution is -2.13. The molecule has 0 saturated carbocycles. The van der Waals surface area contributed by atoms with E-state index in [1.807, 2.05) is 6.92 Å².